The third kappa shape index (κ3) is 3.62. The summed E-state index contributed by atoms with van der Waals surface area (Å²) < 4.78 is 0. The van der Waals surface area contributed by atoms with Crippen LogP contribution in [0.1, 0.15) is 29.8 Å². The number of aromatic nitrogens is 3. The molecule has 0 saturated carbocycles. The summed E-state index contributed by atoms with van der Waals surface area (Å²) in [6.07, 6.45) is 6.15. The van der Waals surface area contributed by atoms with Crippen molar-refractivity contribution in [1.29, 1.82) is 0 Å². The number of carbonyl (C=O) groups is 1. The minimum atomic E-state index is -0.0947. The van der Waals surface area contributed by atoms with Crippen LogP contribution in [0.15, 0.2) is 29.6 Å². The number of thioether (sulfide) groups is 1. The Balaban J connectivity index is 1.62. The summed E-state index contributed by atoms with van der Waals surface area (Å²) >= 11 is 1.37. The van der Waals surface area contributed by atoms with Gasteiger partial charge in [0.15, 0.2) is 5.16 Å². The lowest BCUT2D eigenvalue weighted by atomic mass is 9.95. The van der Waals surface area contributed by atoms with Crippen LogP contribution < -0.4 is 5.32 Å². The first-order chi connectivity index (χ1) is 10.7. The number of anilines is 1. The molecule has 0 atom stereocenters. The summed E-state index contributed by atoms with van der Waals surface area (Å²) in [7, 11) is 0. The lowest BCUT2D eigenvalue weighted by Gasteiger charge is -2.17. The van der Waals surface area contributed by atoms with Crippen molar-refractivity contribution in [2.24, 2.45) is 0 Å². The van der Waals surface area contributed by atoms with Crippen LogP contribution in [0.3, 0.4) is 0 Å². The Kier molecular flexibility index (Phi) is 4.68. The van der Waals surface area contributed by atoms with E-state index in [1.165, 1.54) is 30.2 Å². The highest BCUT2D eigenvalue weighted by Gasteiger charge is 2.16. The van der Waals surface area contributed by atoms with Crippen molar-refractivity contribution in [3.63, 3.8) is 0 Å². The molecule has 0 saturated heterocycles. The summed E-state index contributed by atoms with van der Waals surface area (Å²) in [6, 6.07) is 5.42. The number of amides is 1. The lowest BCUT2D eigenvalue weighted by molar-refractivity contribution is -0.113. The molecular formula is C16H18N4OS. The van der Waals surface area contributed by atoms with Gasteiger partial charge in [-0.05, 0) is 50.3 Å². The number of fused-ring (bicyclic) bond motifs is 1. The normalized spacial score (nSPS) is 13.5. The van der Waals surface area contributed by atoms with Crippen molar-refractivity contribution < 1.29 is 4.79 Å². The quantitative estimate of drug-likeness (QED) is 0.694. The minimum absolute atomic E-state index is 0.0947. The fraction of sp³-hybridized carbons (Fsp3) is 0.375. The van der Waals surface area contributed by atoms with Crippen LogP contribution in [0.25, 0.3) is 0 Å². The van der Waals surface area contributed by atoms with Crippen molar-refractivity contribution in [3.05, 3.63) is 41.3 Å². The Morgan fingerprint density at radius 2 is 2.14 bits per heavy atom. The minimum Gasteiger partial charge on any atom is -0.310 e. The van der Waals surface area contributed by atoms with Gasteiger partial charge in [-0.1, -0.05) is 17.8 Å². The van der Waals surface area contributed by atoms with Crippen molar-refractivity contribution >= 4 is 23.5 Å². The molecule has 2 aromatic rings. The first-order valence-electron chi connectivity index (χ1n) is 7.42. The molecule has 0 unspecified atom stereocenters. The number of nitrogens with zero attached hydrogens (tertiary/aromatic N) is 3. The third-order valence-electron chi connectivity index (χ3n) is 3.63. The zero-order valence-electron chi connectivity index (χ0n) is 12.5. The van der Waals surface area contributed by atoms with Gasteiger partial charge in [0.1, 0.15) is 5.82 Å². The fourth-order valence-corrected chi connectivity index (χ4v) is 3.27. The maximum atomic E-state index is 11.9. The molecule has 3 rings (SSSR count). The van der Waals surface area contributed by atoms with Crippen LogP contribution >= 0.6 is 11.8 Å². The molecule has 1 N–H and O–H groups in total. The molecular weight excluding hydrogens is 296 g/mol. The van der Waals surface area contributed by atoms with Gasteiger partial charge >= 0.3 is 0 Å². The van der Waals surface area contributed by atoms with E-state index in [9.17, 15) is 4.79 Å². The van der Waals surface area contributed by atoms with E-state index in [0.717, 1.165) is 24.2 Å². The Hall–Kier alpha value is -1.95. The summed E-state index contributed by atoms with van der Waals surface area (Å²) in [6.45, 7) is 2.03. The SMILES string of the molecule is Cc1nc(SCC(=O)Nc2ccccn2)nc2c1CCCC2. The average molecular weight is 314 g/mol. The molecule has 0 aliphatic heterocycles. The molecule has 0 aromatic carbocycles. The van der Waals surface area contributed by atoms with Gasteiger partial charge < -0.3 is 5.32 Å². The molecule has 114 valence electrons. The monoisotopic (exact) mass is 314 g/mol. The van der Waals surface area contributed by atoms with E-state index in [0.29, 0.717) is 11.0 Å². The Morgan fingerprint density at radius 1 is 1.27 bits per heavy atom. The smallest absolute Gasteiger partial charge is 0.236 e. The van der Waals surface area contributed by atoms with E-state index in [1.54, 1.807) is 12.3 Å². The maximum Gasteiger partial charge on any atom is 0.236 e. The van der Waals surface area contributed by atoms with Crippen LogP contribution in [0, 0.1) is 6.92 Å². The van der Waals surface area contributed by atoms with Crippen molar-refractivity contribution in [2.75, 3.05) is 11.1 Å². The van der Waals surface area contributed by atoms with Gasteiger partial charge in [-0.15, -0.1) is 0 Å². The van der Waals surface area contributed by atoms with Gasteiger partial charge in [0.05, 0.1) is 5.75 Å². The summed E-state index contributed by atoms with van der Waals surface area (Å²) in [5.41, 5.74) is 3.51. The molecule has 0 bridgehead atoms. The average Bonchev–Trinajstić information content (AvgIpc) is 2.54. The van der Waals surface area contributed by atoms with Crippen LogP contribution in [-0.4, -0.2) is 26.6 Å². The zero-order chi connectivity index (χ0) is 15.4. The van der Waals surface area contributed by atoms with Crippen molar-refractivity contribution in [2.45, 2.75) is 37.8 Å². The predicted octanol–water partition coefficient (Wildman–Crippen LogP) is 2.79. The van der Waals surface area contributed by atoms with Gasteiger partial charge in [-0.2, -0.15) is 0 Å². The second kappa shape index (κ2) is 6.87. The van der Waals surface area contributed by atoms with E-state index in [-0.39, 0.29) is 11.7 Å². The van der Waals surface area contributed by atoms with E-state index < -0.39 is 0 Å². The van der Waals surface area contributed by atoms with Gasteiger partial charge in [0.25, 0.3) is 0 Å². The Morgan fingerprint density at radius 3 is 2.95 bits per heavy atom. The fourth-order valence-electron chi connectivity index (χ4n) is 2.56. The maximum absolute atomic E-state index is 11.9. The molecule has 2 aromatic heterocycles. The number of pyridine rings is 1. The topological polar surface area (TPSA) is 67.8 Å². The summed E-state index contributed by atoms with van der Waals surface area (Å²) in [5.74, 6) is 0.757. The van der Waals surface area contributed by atoms with Crippen LogP contribution in [0.4, 0.5) is 5.82 Å². The van der Waals surface area contributed by atoms with Crippen LogP contribution in [0.2, 0.25) is 0 Å². The van der Waals surface area contributed by atoms with Crippen LogP contribution in [0.5, 0.6) is 0 Å². The molecule has 22 heavy (non-hydrogen) atoms. The summed E-state index contributed by atoms with van der Waals surface area (Å²) in [5, 5.41) is 3.45. The molecule has 6 heteroatoms. The van der Waals surface area contributed by atoms with Crippen molar-refractivity contribution in [3.8, 4) is 0 Å². The highest BCUT2D eigenvalue weighted by molar-refractivity contribution is 7.99. The molecule has 0 radical (unpaired) electrons. The van der Waals surface area contributed by atoms with Gasteiger partial charge in [-0.3, -0.25) is 4.79 Å². The number of carbonyl (C=O) groups excluding carboxylic acids is 1. The van der Waals surface area contributed by atoms with Gasteiger partial charge in [-0.25, -0.2) is 15.0 Å². The summed E-state index contributed by atoms with van der Waals surface area (Å²) in [4.78, 5) is 25.1. The van der Waals surface area contributed by atoms with Gasteiger partial charge in [0.2, 0.25) is 5.91 Å². The van der Waals surface area contributed by atoms with E-state index >= 15 is 0 Å². The second-order valence-electron chi connectivity index (χ2n) is 5.28. The van der Waals surface area contributed by atoms with E-state index in [4.69, 9.17) is 0 Å². The molecule has 2 heterocycles. The number of hydrogen-bond acceptors (Lipinski definition) is 5. The first kappa shape index (κ1) is 15.0. The Labute approximate surface area is 134 Å². The molecule has 0 spiro atoms. The first-order valence-corrected chi connectivity index (χ1v) is 8.41. The van der Waals surface area contributed by atoms with Gasteiger partial charge in [0, 0.05) is 17.6 Å². The van der Waals surface area contributed by atoms with Crippen LogP contribution in [-0.2, 0) is 17.6 Å². The number of nitrogens with one attached hydrogen (secondary N) is 1. The number of hydrogen-bond donors (Lipinski definition) is 1. The highest BCUT2D eigenvalue weighted by atomic mass is 32.2. The van der Waals surface area contributed by atoms with Crippen molar-refractivity contribution in [1.82, 2.24) is 15.0 Å². The highest BCUT2D eigenvalue weighted by Crippen LogP contribution is 2.24. The standard InChI is InChI=1S/C16H18N4OS/c1-11-12-6-2-3-7-13(12)19-16(18-11)22-10-15(21)20-14-8-4-5-9-17-14/h4-5,8-9H,2-3,6-7,10H2,1H3,(H,17,20,21). The van der Waals surface area contributed by atoms with E-state index in [2.05, 4.69) is 20.3 Å². The number of aryl methyl sites for hydroxylation is 2. The molecule has 5 nitrogen and oxygen atoms in total. The number of rotatable bonds is 4. The molecule has 1 amide bonds. The molecule has 1 aliphatic carbocycles. The molecule has 0 fully saturated rings. The largest absolute Gasteiger partial charge is 0.310 e. The zero-order valence-corrected chi connectivity index (χ0v) is 13.3. The van der Waals surface area contributed by atoms with E-state index in [1.807, 2.05) is 19.1 Å². The molecule has 1 aliphatic rings. The predicted molar refractivity (Wildman–Crippen MR) is 87.0 cm³/mol. The second-order valence-corrected chi connectivity index (χ2v) is 6.22. The Bertz CT molecular complexity index is 675. The third-order valence-corrected chi connectivity index (χ3v) is 4.48. The lowest BCUT2D eigenvalue weighted by Crippen LogP contribution is -2.16.